The van der Waals surface area contributed by atoms with Crippen LogP contribution < -0.4 is 10.1 Å². The monoisotopic (exact) mass is 339 g/mol. The molecule has 4 heteroatoms. The summed E-state index contributed by atoms with van der Waals surface area (Å²) < 4.78 is 5.90. The van der Waals surface area contributed by atoms with Gasteiger partial charge in [0.1, 0.15) is 5.75 Å². The molecule has 1 amide bonds. The second-order valence-corrected chi connectivity index (χ2v) is 6.04. The molecule has 0 spiro atoms. The topological polar surface area (TPSA) is 38.3 Å². The SMILES string of the molecule is O=C(CCCCBr)Nc1ccc(OC2CCCC2)cc1. The van der Waals surface area contributed by atoms with E-state index in [0.29, 0.717) is 12.5 Å². The summed E-state index contributed by atoms with van der Waals surface area (Å²) in [5.41, 5.74) is 0.840. The minimum atomic E-state index is 0.0791. The van der Waals surface area contributed by atoms with Crippen LogP contribution in [0.25, 0.3) is 0 Å². The van der Waals surface area contributed by atoms with Gasteiger partial charge in [-0.05, 0) is 62.8 Å². The van der Waals surface area contributed by atoms with Crippen molar-refractivity contribution in [2.24, 2.45) is 0 Å². The molecule has 110 valence electrons. The van der Waals surface area contributed by atoms with Gasteiger partial charge in [0.15, 0.2) is 0 Å². The minimum absolute atomic E-state index is 0.0791. The van der Waals surface area contributed by atoms with Crippen LogP contribution in [0.4, 0.5) is 5.69 Å². The van der Waals surface area contributed by atoms with E-state index in [9.17, 15) is 4.79 Å². The Balaban J connectivity index is 1.77. The lowest BCUT2D eigenvalue weighted by molar-refractivity contribution is -0.116. The van der Waals surface area contributed by atoms with Gasteiger partial charge in [-0.25, -0.2) is 0 Å². The molecular weight excluding hydrogens is 318 g/mol. The Bertz CT molecular complexity index is 413. The van der Waals surface area contributed by atoms with E-state index < -0.39 is 0 Å². The molecule has 1 fully saturated rings. The van der Waals surface area contributed by atoms with Gasteiger partial charge in [-0.15, -0.1) is 0 Å². The second-order valence-electron chi connectivity index (χ2n) is 5.24. The van der Waals surface area contributed by atoms with E-state index in [-0.39, 0.29) is 5.91 Å². The fourth-order valence-corrected chi connectivity index (χ4v) is 2.82. The highest BCUT2D eigenvalue weighted by Crippen LogP contribution is 2.25. The summed E-state index contributed by atoms with van der Waals surface area (Å²) in [6.07, 6.45) is 7.76. The van der Waals surface area contributed by atoms with E-state index in [4.69, 9.17) is 4.74 Å². The molecule has 2 rings (SSSR count). The maximum absolute atomic E-state index is 11.7. The molecule has 1 aliphatic carbocycles. The summed E-state index contributed by atoms with van der Waals surface area (Å²) in [7, 11) is 0. The summed E-state index contributed by atoms with van der Waals surface area (Å²) in [6.45, 7) is 0. The summed E-state index contributed by atoms with van der Waals surface area (Å²) >= 11 is 3.36. The number of carbonyl (C=O) groups excluding carboxylic acids is 1. The molecule has 0 bridgehead atoms. The van der Waals surface area contributed by atoms with Gasteiger partial charge in [-0.3, -0.25) is 4.79 Å². The lowest BCUT2D eigenvalue weighted by Gasteiger charge is -2.13. The molecule has 0 radical (unpaired) electrons. The number of anilines is 1. The summed E-state index contributed by atoms with van der Waals surface area (Å²) in [5, 5.41) is 3.86. The highest BCUT2D eigenvalue weighted by molar-refractivity contribution is 9.09. The van der Waals surface area contributed by atoms with Gasteiger partial charge >= 0.3 is 0 Å². The molecule has 0 saturated heterocycles. The van der Waals surface area contributed by atoms with E-state index in [0.717, 1.165) is 42.5 Å². The van der Waals surface area contributed by atoms with E-state index in [1.54, 1.807) is 0 Å². The van der Waals surface area contributed by atoms with Crippen molar-refractivity contribution < 1.29 is 9.53 Å². The van der Waals surface area contributed by atoms with Gasteiger partial charge < -0.3 is 10.1 Å². The van der Waals surface area contributed by atoms with Crippen LogP contribution in [0.15, 0.2) is 24.3 Å². The molecular formula is C16H22BrNO2. The largest absolute Gasteiger partial charge is 0.490 e. The highest BCUT2D eigenvalue weighted by atomic mass is 79.9. The number of hydrogen-bond donors (Lipinski definition) is 1. The average Bonchev–Trinajstić information content (AvgIpc) is 2.94. The van der Waals surface area contributed by atoms with Gasteiger partial charge in [0.25, 0.3) is 0 Å². The number of benzene rings is 1. The third kappa shape index (κ3) is 5.16. The van der Waals surface area contributed by atoms with Crippen molar-refractivity contribution in [1.82, 2.24) is 0 Å². The van der Waals surface area contributed by atoms with Crippen molar-refractivity contribution in [3.8, 4) is 5.75 Å². The first-order valence-corrected chi connectivity index (χ1v) is 8.52. The predicted molar refractivity (Wildman–Crippen MR) is 85.6 cm³/mol. The van der Waals surface area contributed by atoms with Crippen molar-refractivity contribution in [3.63, 3.8) is 0 Å². The zero-order valence-electron chi connectivity index (χ0n) is 11.7. The van der Waals surface area contributed by atoms with Crippen LogP contribution >= 0.6 is 15.9 Å². The third-order valence-electron chi connectivity index (χ3n) is 3.53. The van der Waals surface area contributed by atoms with Crippen LogP contribution in [-0.4, -0.2) is 17.3 Å². The van der Waals surface area contributed by atoms with Crippen molar-refractivity contribution in [3.05, 3.63) is 24.3 Å². The molecule has 1 aliphatic rings. The normalized spacial score (nSPS) is 15.2. The van der Waals surface area contributed by atoms with E-state index in [2.05, 4.69) is 21.2 Å². The molecule has 0 unspecified atom stereocenters. The molecule has 1 saturated carbocycles. The van der Waals surface area contributed by atoms with Gasteiger partial charge in [0, 0.05) is 17.4 Å². The van der Waals surface area contributed by atoms with Gasteiger partial charge in [0.2, 0.25) is 5.91 Å². The maximum Gasteiger partial charge on any atom is 0.224 e. The Morgan fingerprint density at radius 2 is 1.90 bits per heavy atom. The highest BCUT2D eigenvalue weighted by Gasteiger charge is 2.16. The number of unbranched alkanes of at least 4 members (excludes halogenated alkanes) is 1. The second kappa shape index (κ2) is 8.30. The molecule has 1 N–H and O–H groups in total. The molecule has 0 aromatic heterocycles. The number of nitrogens with one attached hydrogen (secondary N) is 1. The van der Waals surface area contributed by atoms with Crippen molar-refractivity contribution in [2.45, 2.75) is 51.0 Å². The quantitative estimate of drug-likeness (QED) is 0.586. The van der Waals surface area contributed by atoms with Crippen LogP contribution in [-0.2, 0) is 4.79 Å². The summed E-state index contributed by atoms with van der Waals surface area (Å²) in [6, 6.07) is 7.69. The Hall–Kier alpha value is -1.03. The molecule has 20 heavy (non-hydrogen) atoms. The standard InChI is InChI=1S/C16H22BrNO2/c17-12-4-3-7-16(19)18-13-8-10-15(11-9-13)20-14-5-1-2-6-14/h8-11,14H,1-7,12H2,(H,18,19). The van der Waals surface area contributed by atoms with Crippen LogP contribution in [0.1, 0.15) is 44.9 Å². The Kier molecular flexibility index (Phi) is 6.37. The molecule has 0 heterocycles. The lowest BCUT2D eigenvalue weighted by Crippen LogP contribution is -2.12. The van der Waals surface area contributed by atoms with Gasteiger partial charge in [-0.1, -0.05) is 15.9 Å². The summed E-state index contributed by atoms with van der Waals surface area (Å²) in [5.74, 6) is 0.976. The van der Waals surface area contributed by atoms with Gasteiger partial charge in [-0.2, -0.15) is 0 Å². The number of amides is 1. The third-order valence-corrected chi connectivity index (χ3v) is 4.09. The molecule has 3 nitrogen and oxygen atoms in total. The zero-order valence-corrected chi connectivity index (χ0v) is 13.3. The number of alkyl halides is 1. The number of hydrogen-bond acceptors (Lipinski definition) is 2. The fourth-order valence-electron chi connectivity index (χ4n) is 2.42. The Labute approximate surface area is 129 Å². The molecule has 1 aromatic rings. The summed E-state index contributed by atoms with van der Waals surface area (Å²) in [4.78, 5) is 11.7. The first-order valence-electron chi connectivity index (χ1n) is 7.40. The Morgan fingerprint density at radius 3 is 2.55 bits per heavy atom. The lowest BCUT2D eigenvalue weighted by atomic mass is 10.2. The minimum Gasteiger partial charge on any atom is -0.490 e. The zero-order chi connectivity index (χ0) is 14.2. The van der Waals surface area contributed by atoms with Gasteiger partial charge in [0.05, 0.1) is 6.10 Å². The number of halogens is 1. The first-order chi connectivity index (χ1) is 9.78. The Morgan fingerprint density at radius 1 is 1.20 bits per heavy atom. The molecule has 0 aliphatic heterocycles. The van der Waals surface area contributed by atoms with Crippen molar-refractivity contribution in [1.29, 1.82) is 0 Å². The first kappa shape index (κ1) is 15.4. The smallest absolute Gasteiger partial charge is 0.224 e. The van der Waals surface area contributed by atoms with E-state index in [1.165, 1.54) is 12.8 Å². The van der Waals surface area contributed by atoms with Crippen LogP contribution in [0.5, 0.6) is 5.75 Å². The number of ether oxygens (including phenoxy) is 1. The predicted octanol–water partition coefficient (Wildman–Crippen LogP) is 4.51. The maximum atomic E-state index is 11.7. The fraction of sp³-hybridized carbons (Fsp3) is 0.562. The average molecular weight is 340 g/mol. The van der Waals surface area contributed by atoms with Crippen molar-refractivity contribution >= 4 is 27.5 Å². The van der Waals surface area contributed by atoms with Crippen molar-refractivity contribution in [2.75, 3.05) is 10.6 Å². The van der Waals surface area contributed by atoms with E-state index >= 15 is 0 Å². The van der Waals surface area contributed by atoms with Crippen LogP contribution in [0.2, 0.25) is 0 Å². The molecule has 1 aromatic carbocycles. The van der Waals surface area contributed by atoms with E-state index in [1.807, 2.05) is 24.3 Å². The van der Waals surface area contributed by atoms with Crippen LogP contribution in [0, 0.1) is 0 Å². The number of carbonyl (C=O) groups is 1. The molecule has 0 atom stereocenters. The number of rotatable bonds is 7. The van der Waals surface area contributed by atoms with Crippen LogP contribution in [0.3, 0.4) is 0 Å².